The molecule has 2 N–H and O–H groups in total. The number of hydrogen-bond acceptors (Lipinski definition) is 3. The molecule has 124 valence electrons. The Morgan fingerprint density at radius 2 is 2.23 bits per heavy atom. The fourth-order valence-electron chi connectivity index (χ4n) is 2.53. The van der Waals surface area contributed by atoms with Crippen LogP contribution >= 0.6 is 12.4 Å². The second-order valence-corrected chi connectivity index (χ2v) is 5.27. The molecular formula is C15H21ClF2N2O2. The van der Waals surface area contributed by atoms with Crippen molar-refractivity contribution in [2.75, 3.05) is 13.1 Å². The summed E-state index contributed by atoms with van der Waals surface area (Å²) in [6.07, 6.45) is 2.17. The van der Waals surface area contributed by atoms with Crippen molar-refractivity contribution in [2.24, 2.45) is 5.92 Å². The summed E-state index contributed by atoms with van der Waals surface area (Å²) in [6.45, 7) is 0.977. The molecule has 0 radical (unpaired) electrons. The summed E-state index contributed by atoms with van der Waals surface area (Å²) < 4.78 is 28.7. The summed E-state index contributed by atoms with van der Waals surface area (Å²) in [5.41, 5.74) is 0.323. The summed E-state index contributed by atoms with van der Waals surface area (Å²) in [5, 5.41) is 6.23. The monoisotopic (exact) mass is 334 g/mol. The lowest BCUT2D eigenvalue weighted by Gasteiger charge is -2.29. The predicted octanol–water partition coefficient (Wildman–Crippen LogP) is 2.83. The molecule has 0 aliphatic carbocycles. The number of amides is 1. The SMILES string of the molecule is CC(NC(=O)c1cccc(OC(F)F)c1)C1CCCNC1.Cl. The number of carbonyl (C=O) groups is 1. The molecule has 1 aromatic rings. The van der Waals surface area contributed by atoms with Gasteiger partial charge in [-0.05, 0) is 57.0 Å². The van der Waals surface area contributed by atoms with Crippen molar-refractivity contribution in [1.82, 2.24) is 10.6 Å². The fraction of sp³-hybridized carbons (Fsp3) is 0.533. The zero-order valence-corrected chi connectivity index (χ0v) is 13.2. The van der Waals surface area contributed by atoms with Crippen LogP contribution in [0.2, 0.25) is 0 Å². The van der Waals surface area contributed by atoms with Gasteiger partial charge in [-0.25, -0.2) is 0 Å². The van der Waals surface area contributed by atoms with E-state index in [1.165, 1.54) is 18.2 Å². The van der Waals surface area contributed by atoms with Crippen molar-refractivity contribution in [2.45, 2.75) is 32.4 Å². The maximum atomic E-state index is 12.2. The molecule has 0 saturated carbocycles. The van der Waals surface area contributed by atoms with Gasteiger partial charge in [-0.1, -0.05) is 6.07 Å². The first-order chi connectivity index (χ1) is 10.1. The van der Waals surface area contributed by atoms with Crippen molar-refractivity contribution in [1.29, 1.82) is 0 Å². The quantitative estimate of drug-likeness (QED) is 0.870. The lowest BCUT2D eigenvalue weighted by atomic mass is 9.92. The molecule has 1 amide bonds. The zero-order valence-electron chi connectivity index (χ0n) is 12.4. The molecule has 1 aromatic carbocycles. The van der Waals surface area contributed by atoms with Gasteiger partial charge in [0.1, 0.15) is 5.75 Å². The van der Waals surface area contributed by atoms with E-state index in [1.54, 1.807) is 6.07 Å². The first-order valence-electron chi connectivity index (χ1n) is 7.12. The minimum absolute atomic E-state index is 0. The van der Waals surface area contributed by atoms with Crippen molar-refractivity contribution >= 4 is 18.3 Å². The summed E-state index contributed by atoms with van der Waals surface area (Å²) in [6, 6.07) is 5.87. The van der Waals surface area contributed by atoms with E-state index in [9.17, 15) is 13.6 Å². The Hall–Kier alpha value is -1.40. The minimum Gasteiger partial charge on any atom is -0.435 e. The predicted molar refractivity (Wildman–Crippen MR) is 82.8 cm³/mol. The highest BCUT2D eigenvalue weighted by Gasteiger charge is 2.21. The van der Waals surface area contributed by atoms with Gasteiger partial charge in [-0.15, -0.1) is 12.4 Å². The van der Waals surface area contributed by atoms with E-state index < -0.39 is 6.61 Å². The molecular weight excluding hydrogens is 314 g/mol. The van der Waals surface area contributed by atoms with Gasteiger partial charge in [0, 0.05) is 11.6 Å². The third kappa shape index (κ3) is 5.42. The Kier molecular flexibility index (Phi) is 7.55. The fourth-order valence-corrected chi connectivity index (χ4v) is 2.53. The highest BCUT2D eigenvalue weighted by Crippen LogP contribution is 2.18. The van der Waals surface area contributed by atoms with Crippen LogP contribution in [0.25, 0.3) is 0 Å². The van der Waals surface area contributed by atoms with Gasteiger partial charge in [0.05, 0.1) is 0 Å². The Morgan fingerprint density at radius 3 is 2.86 bits per heavy atom. The number of benzene rings is 1. The van der Waals surface area contributed by atoms with Crippen molar-refractivity contribution in [3.63, 3.8) is 0 Å². The summed E-state index contributed by atoms with van der Waals surface area (Å²) in [5.74, 6) is 0.112. The van der Waals surface area contributed by atoms with E-state index in [-0.39, 0.29) is 30.1 Å². The standard InChI is InChI=1S/C15H20F2N2O2.ClH/c1-10(12-5-3-7-18-9-12)19-14(20)11-4-2-6-13(8-11)21-15(16)17;/h2,4,6,8,10,12,15,18H,3,5,7,9H2,1H3,(H,19,20);1H. The number of halogens is 3. The molecule has 0 spiro atoms. The molecule has 1 aliphatic heterocycles. The Balaban J connectivity index is 0.00000242. The van der Waals surface area contributed by atoms with E-state index in [0.29, 0.717) is 11.5 Å². The highest BCUT2D eigenvalue weighted by molar-refractivity contribution is 5.94. The van der Waals surface area contributed by atoms with Crippen LogP contribution in [0.4, 0.5) is 8.78 Å². The first kappa shape index (κ1) is 18.6. The number of ether oxygens (including phenoxy) is 1. The maximum Gasteiger partial charge on any atom is 0.387 e. The van der Waals surface area contributed by atoms with Gasteiger partial charge in [0.2, 0.25) is 0 Å². The molecule has 1 fully saturated rings. The Morgan fingerprint density at radius 1 is 1.45 bits per heavy atom. The molecule has 1 saturated heterocycles. The number of hydrogen-bond donors (Lipinski definition) is 2. The van der Waals surface area contributed by atoms with Crippen LogP contribution in [0.3, 0.4) is 0 Å². The van der Waals surface area contributed by atoms with Crippen LogP contribution in [0.5, 0.6) is 5.75 Å². The van der Waals surface area contributed by atoms with E-state index >= 15 is 0 Å². The van der Waals surface area contributed by atoms with Gasteiger partial charge in [-0.2, -0.15) is 8.78 Å². The summed E-state index contributed by atoms with van der Waals surface area (Å²) in [7, 11) is 0. The van der Waals surface area contributed by atoms with Crippen molar-refractivity contribution in [3.05, 3.63) is 29.8 Å². The third-order valence-electron chi connectivity index (χ3n) is 3.72. The van der Waals surface area contributed by atoms with E-state index in [0.717, 1.165) is 25.9 Å². The lowest BCUT2D eigenvalue weighted by Crippen LogP contribution is -2.44. The number of carbonyl (C=O) groups excluding carboxylic acids is 1. The van der Waals surface area contributed by atoms with Crippen molar-refractivity contribution < 1.29 is 18.3 Å². The third-order valence-corrected chi connectivity index (χ3v) is 3.72. The van der Waals surface area contributed by atoms with Crippen LogP contribution in [0, 0.1) is 5.92 Å². The van der Waals surface area contributed by atoms with Gasteiger partial charge in [0.25, 0.3) is 5.91 Å². The molecule has 7 heteroatoms. The molecule has 22 heavy (non-hydrogen) atoms. The molecule has 1 aliphatic rings. The normalized spacial score (nSPS) is 19.2. The van der Waals surface area contributed by atoms with Crippen LogP contribution in [-0.4, -0.2) is 31.7 Å². The number of rotatable bonds is 5. The number of alkyl halides is 2. The van der Waals surface area contributed by atoms with Crippen LogP contribution in [0.1, 0.15) is 30.1 Å². The topological polar surface area (TPSA) is 50.4 Å². The number of nitrogens with one attached hydrogen (secondary N) is 2. The first-order valence-corrected chi connectivity index (χ1v) is 7.12. The largest absolute Gasteiger partial charge is 0.435 e. The lowest BCUT2D eigenvalue weighted by molar-refractivity contribution is -0.0498. The van der Waals surface area contributed by atoms with Gasteiger partial charge >= 0.3 is 6.61 Å². The zero-order chi connectivity index (χ0) is 15.2. The second kappa shape index (κ2) is 8.90. The molecule has 2 unspecified atom stereocenters. The molecule has 0 bridgehead atoms. The summed E-state index contributed by atoms with van der Waals surface area (Å²) in [4.78, 5) is 12.2. The number of piperidine rings is 1. The minimum atomic E-state index is -2.89. The molecule has 4 nitrogen and oxygen atoms in total. The highest BCUT2D eigenvalue weighted by atomic mass is 35.5. The van der Waals surface area contributed by atoms with Gasteiger partial charge in [-0.3, -0.25) is 4.79 Å². The van der Waals surface area contributed by atoms with E-state index in [4.69, 9.17) is 0 Å². The molecule has 2 rings (SSSR count). The Labute approximate surface area is 135 Å². The van der Waals surface area contributed by atoms with Crippen LogP contribution < -0.4 is 15.4 Å². The maximum absolute atomic E-state index is 12.2. The van der Waals surface area contributed by atoms with Gasteiger partial charge < -0.3 is 15.4 Å². The summed E-state index contributed by atoms with van der Waals surface area (Å²) >= 11 is 0. The Bertz CT molecular complexity index is 482. The average molecular weight is 335 g/mol. The van der Waals surface area contributed by atoms with Gasteiger partial charge in [0.15, 0.2) is 0 Å². The van der Waals surface area contributed by atoms with E-state index in [1.807, 2.05) is 6.92 Å². The van der Waals surface area contributed by atoms with Crippen LogP contribution in [0.15, 0.2) is 24.3 Å². The molecule has 2 atom stereocenters. The molecule has 0 aromatic heterocycles. The van der Waals surface area contributed by atoms with Crippen molar-refractivity contribution in [3.8, 4) is 5.75 Å². The average Bonchev–Trinajstić information content (AvgIpc) is 2.47. The second-order valence-electron chi connectivity index (χ2n) is 5.27. The van der Waals surface area contributed by atoms with Crippen LogP contribution in [-0.2, 0) is 0 Å². The van der Waals surface area contributed by atoms with E-state index in [2.05, 4.69) is 15.4 Å². The molecule has 1 heterocycles. The smallest absolute Gasteiger partial charge is 0.387 e.